The Bertz CT molecular complexity index is 359. The highest BCUT2D eigenvalue weighted by atomic mass is 16.4. The normalized spacial score (nSPS) is 10.6. The lowest BCUT2D eigenvalue weighted by atomic mass is 9.80. The first kappa shape index (κ1) is 11.0. The molecular weight excluding hydrogens is 181 g/mol. The highest BCUT2D eigenvalue weighted by molar-refractivity contribution is 6.58. The zero-order valence-corrected chi connectivity index (χ0v) is 8.32. The molecule has 0 aromatic carbocycles. The predicted octanol–water partition coefficient (Wildman–Crippen LogP) is -0.747. The number of aromatic amines is 1. The van der Waals surface area contributed by atoms with Crippen molar-refractivity contribution >= 4 is 12.6 Å². The van der Waals surface area contributed by atoms with E-state index in [1.807, 2.05) is 13.8 Å². The van der Waals surface area contributed by atoms with Crippen LogP contribution in [0.15, 0.2) is 16.9 Å². The molecule has 14 heavy (non-hydrogen) atoms. The lowest BCUT2D eigenvalue weighted by Gasteiger charge is -2.06. The summed E-state index contributed by atoms with van der Waals surface area (Å²) in [7, 11) is -1.58. The van der Waals surface area contributed by atoms with Crippen molar-refractivity contribution in [1.29, 1.82) is 0 Å². The molecule has 0 atom stereocenters. The number of hydrogen-bond donors (Lipinski definition) is 3. The van der Waals surface area contributed by atoms with Gasteiger partial charge in [-0.1, -0.05) is 13.8 Å². The molecule has 1 aromatic heterocycles. The van der Waals surface area contributed by atoms with E-state index < -0.39 is 7.12 Å². The van der Waals surface area contributed by atoms with Gasteiger partial charge < -0.3 is 15.0 Å². The molecule has 4 nitrogen and oxygen atoms in total. The van der Waals surface area contributed by atoms with Gasteiger partial charge >= 0.3 is 7.12 Å². The van der Waals surface area contributed by atoms with Crippen molar-refractivity contribution in [3.63, 3.8) is 0 Å². The third-order valence-corrected chi connectivity index (χ3v) is 1.85. The highest BCUT2D eigenvalue weighted by Crippen LogP contribution is 2.01. The molecule has 0 unspecified atom stereocenters. The molecule has 0 bridgehead atoms. The van der Waals surface area contributed by atoms with Gasteiger partial charge in [0.15, 0.2) is 0 Å². The van der Waals surface area contributed by atoms with Crippen LogP contribution in [-0.4, -0.2) is 22.2 Å². The second kappa shape index (κ2) is 4.44. The van der Waals surface area contributed by atoms with Crippen LogP contribution in [0, 0.1) is 5.92 Å². The zero-order chi connectivity index (χ0) is 10.7. The van der Waals surface area contributed by atoms with Gasteiger partial charge in [0.25, 0.3) is 0 Å². The molecule has 0 saturated carbocycles. The summed E-state index contributed by atoms with van der Waals surface area (Å²) in [6.07, 6.45) is 0.718. The Morgan fingerprint density at radius 1 is 1.43 bits per heavy atom. The second-order valence-electron chi connectivity index (χ2n) is 3.77. The molecule has 76 valence electrons. The van der Waals surface area contributed by atoms with Crippen LogP contribution in [0.3, 0.4) is 0 Å². The molecule has 0 radical (unpaired) electrons. The van der Waals surface area contributed by atoms with Crippen molar-refractivity contribution in [2.45, 2.75) is 20.3 Å². The fraction of sp³-hybridized carbons (Fsp3) is 0.444. The fourth-order valence-electron chi connectivity index (χ4n) is 1.32. The number of rotatable bonds is 3. The van der Waals surface area contributed by atoms with Gasteiger partial charge in [-0.25, -0.2) is 0 Å². The van der Waals surface area contributed by atoms with Crippen molar-refractivity contribution in [1.82, 2.24) is 4.98 Å². The lowest BCUT2D eigenvalue weighted by Crippen LogP contribution is -2.34. The van der Waals surface area contributed by atoms with E-state index in [-0.39, 0.29) is 11.0 Å². The minimum absolute atomic E-state index is 0.240. The summed E-state index contributed by atoms with van der Waals surface area (Å²) in [6, 6.07) is 2.79. The fourth-order valence-corrected chi connectivity index (χ4v) is 1.32. The number of hydrogen-bond acceptors (Lipinski definition) is 3. The molecule has 0 fully saturated rings. The number of H-pyrrole nitrogens is 1. The van der Waals surface area contributed by atoms with Crippen molar-refractivity contribution < 1.29 is 10.0 Å². The van der Waals surface area contributed by atoms with Crippen LogP contribution in [0.5, 0.6) is 0 Å². The van der Waals surface area contributed by atoms with Crippen LogP contribution in [0.1, 0.15) is 19.5 Å². The van der Waals surface area contributed by atoms with E-state index in [9.17, 15) is 4.79 Å². The summed E-state index contributed by atoms with van der Waals surface area (Å²) in [5, 5.41) is 17.8. The van der Waals surface area contributed by atoms with Crippen LogP contribution >= 0.6 is 0 Å². The molecule has 0 spiro atoms. The van der Waals surface area contributed by atoms with Gasteiger partial charge in [-0.2, -0.15) is 0 Å². The van der Waals surface area contributed by atoms with E-state index >= 15 is 0 Å². The Kier molecular flexibility index (Phi) is 3.49. The van der Waals surface area contributed by atoms with Crippen molar-refractivity contribution in [3.05, 3.63) is 28.2 Å². The van der Waals surface area contributed by atoms with Gasteiger partial charge in [-0.15, -0.1) is 0 Å². The van der Waals surface area contributed by atoms with Crippen LogP contribution in [0.2, 0.25) is 0 Å². The van der Waals surface area contributed by atoms with E-state index in [0.29, 0.717) is 5.92 Å². The molecule has 1 rings (SSSR count). The van der Waals surface area contributed by atoms with Gasteiger partial charge in [-0.3, -0.25) is 4.79 Å². The Labute approximate surface area is 82.8 Å². The van der Waals surface area contributed by atoms with Crippen LogP contribution in [0.4, 0.5) is 0 Å². The molecule has 5 heteroatoms. The summed E-state index contributed by atoms with van der Waals surface area (Å²) < 4.78 is 0. The molecule has 0 aliphatic heterocycles. The molecule has 3 N–H and O–H groups in total. The van der Waals surface area contributed by atoms with Gasteiger partial charge in [0.1, 0.15) is 0 Å². The first-order chi connectivity index (χ1) is 6.49. The summed E-state index contributed by atoms with van der Waals surface area (Å²) in [5.41, 5.74) is 0.672. The number of nitrogens with one attached hydrogen (secondary N) is 1. The smallest absolute Gasteiger partial charge is 0.423 e. The molecule has 1 aromatic rings. The Morgan fingerprint density at radius 2 is 2.07 bits per heavy atom. The van der Waals surface area contributed by atoms with E-state index in [2.05, 4.69) is 4.98 Å². The second-order valence-corrected chi connectivity index (χ2v) is 3.77. The standard InChI is InChI=1S/C9H14BNO3/c1-6(2)3-8-4-7(10(13)14)5-9(12)11-8/h4-6,13-14H,3H2,1-2H3,(H,11,12). The Balaban J connectivity index is 3.01. The first-order valence-electron chi connectivity index (χ1n) is 4.58. The first-order valence-corrected chi connectivity index (χ1v) is 4.58. The minimum atomic E-state index is -1.58. The topological polar surface area (TPSA) is 73.3 Å². The monoisotopic (exact) mass is 195 g/mol. The van der Waals surface area contributed by atoms with Crippen LogP contribution in [-0.2, 0) is 6.42 Å². The zero-order valence-electron chi connectivity index (χ0n) is 8.32. The molecule has 0 aliphatic carbocycles. The maximum Gasteiger partial charge on any atom is 0.488 e. The van der Waals surface area contributed by atoms with E-state index in [0.717, 1.165) is 12.1 Å². The average Bonchev–Trinajstić information content (AvgIpc) is 2.01. The summed E-state index contributed by atoms with van der Waals surface area (Å²) in [5.74, 6) is 0.414. The molecule has 0 saturated heterocycles. The maximum atomic E-state index is 11.1. The summed E-state index contributed by atoms with van der Waals surface area (Å²) in [4.78, 5) is 13.8. The van der Waals surface area contributed by atoms with Gasteiger partial charge in [-0.05, 0) is 23.9 Å². The van der Waals surface area contributed by atoms with Crippen molar-refractivity contribution in [2.75, 3.05) is 0 Å². The van der Waals surface area contributed by atoms with Gasteiger partial charge in [0, 0.05) is 11.8 Å². The predicted molar refractivity (Wildman–Crippen MR) is 55.4 cm³/mol. The Hall–Kier alpha value is -1.07. The number of pyridine rings is 1. The number of aromatic nitrogens is 1. The van der Waals surface area contributed by atoms with Crippen LogP contribution < -0.4 is 11.0 Å². The molecular formula is C9H14BNO3. The summed E-state index contributed by atoms with van der Waals surface area (Å²) in [6.45, 7) is 4.06. The Morgan fingerprint density at radius 3 is 2.57 bits per heavy atom. The van der Waals surface area contributed by atoms with E-state index in [4.69, 9.17) is 10.0 Å². The maximum absolute atomic E-state index is 11.1. The average molecular weight is 195 g/mol. The minimum Gasteiger partial charge on any atom is -0.423 e. The quantitative estimate of drug-likeness (QED) is 0.555. The largest absolute Gasteiger partial charge is 0.488 e. The van der Waals surface area contributed by atoms with Crippen molar-refractivity contribution in [2.24, 2.45) is 5.92 Å². The summed E-state index contributed by atoms with van der Waals surface area (Å²) >= 11 is 0. The van der Waals surface area contributed by atoms with E-state index in [1.165, 1.54) is 6.07 Å². The molecule has 0 amide bonds. The highest BCUT2D eigenvalue weighted by Gasteiger charge is 2.12. The third-order valence-electron chi connectivity index (χ3n) is 1.85. The van der Waals surface area contributed by atoms with Crippen LogP contribution in [0.25, 0.3) is 0 Å². The molecule has 0 aliphatic rings. The van der Waals surface area contributed by atoms with Gasteiger partial charge in [0.05, 0.1) is 0 Å². The van der Waals surface area contributed by atoms with Gasteiger partial charge in [0.2, 0.25) is 5.56 Å². The third kappa shape index (κ3) is 3.01. The molecule has 1 heterocycles. The van der Waals surface area contributed by atoms with E-state index in [1.54, 1.807) is 6.07 Å². The SMILES string of the molecule is CC(C)Cc1cc(B(O)O)cc(=O)[nH]1. The lowest BCUT2D eigenvalue weighted by molar-refractivity contribution is 0.425. The van der Waals surface area contributed by atoms with Crippen molar-refractivity contribution in [3.8, 4) is 0 Å².